The first-order valence-electron chi connectivity index (χ1n) is 14.5. The van der Waals surface area contributed by atoms with Gasteiger partial charge in [-0.1, -0.05) is 66.4 Å². The molecule has 3 atom stereocenters. The van der Waals surface area contributed by atoms with Crippen molar-refractivity contribution >= 4 is 12.2 Å². The van der Waals surface area contributed by atoms with Crippen LogP contribution in [-0.2, 0) is 15.1 Å². The van der Waals surface area contributed by atoms with Gasteiger partial charge in [-0.2, -0.15) is 0 Å². The second kappa shape index (κ2) is 14.2. The van der Waals surface area contributed by atoms with E-state index >= 15 is 0 Å². The molecule has 10 nitrogen and oxygen atoms in total. The summed E-state index contributed by atoms with van der Waals surface area (Å²) < 4.78 is 24.0. The zero-order valence-corrected chi connectivity index (χ0v) is 25.6. The number of hydrogen-bond donors (Lipinski definition) is 2. The summed E-state index contributed by atoms with van der Waals surface area (Å²) in [5, 5.41) is 11.0. The van der Waals surface area contributed by atoms with Gasteiger partial charge >= 0.3 is 5.69 Å². The fraction of sp³-hybridized carbons (Fsp3) is 0.286. The van der Waals surface area contributed by atoms with Gasteiger partial charge in [0.2, 0.25) is 0 Å². The summed E-state index contributed by atoms with van der Waals surface area (Å²) in [4.78, 5) is 24.2. The fourth-order valence-corrected chi connectivity index (χ4v) is 5.16. The van der Waals surface area contributed by atoms with E-state index < -0.39 is 29.6 Å². The summed E-state index contributed by atoms with van der Waals surface area (Å²) in [6, 6.07) is 25.4. The van der Waals surface area contributed by atoms with Crippen molar-refractivity contribution in [1.82, 2.24) is 14.9 Å². The summed E-state index contributed by atoms with van der Waals surface area (Å²) in [7, 11) is 6.89. The quantitative estimate of drug-likeness (QED) is 0.121. The highest BCUT2D eigenvalue weighted by Crippen LogP contribution is 2.42. The Morgan fingerprint density at radius 3 is 2.18 bits per heavy atom. The molecular formula is C35H36N4O6. The van der Waals surface area contributed by atoms with E-state index in [1.165, 1.54) is 6.20 Å². The predicted molar refractivity (Wildman–Crippen MR) is 171 cm³/mol. The van der Waals surface area contributed by atoms with Crippen molar-refractivity contribution in [2.75, 3.05) is 34.9 Å². The first kappa shape index (κ1) is 31.5. The molecule has 45 heavy (non-hydrogen) atoms. The summed E-state index contributed by atoms with van der Waals surface area (Å²) in [5.74, 6) is 7.80. The maximum atomic E-state index is 11.8. The van der Waals surface area contributed by atoms with E-state index in [0.717, 1.165) is 28.2 Å². The number of H-pyrrole nitrogens is 1. The molecule has 4 aromatic rings. The van der Waals surface area contributed by atoms with Gasteiger partial charge in [-0.25, -0.2) is 14.8 Å². The van der Waals surface area contributed by atoms with E-state index in [1.807, 2.05) is 93.0 Å². The first-order chi connectivity index (χ1) is 21.8. The Morgan fingerprint density at radius 2 is 1.60 bits per heavy atom. The monoisotopic (exact) mass is 608 g/mol. The van der Waals surface area contributed by atoms with Gasteiger partial charge in [0.25, 0.3) is 0 Å². The van der Waals surface area contributed by atoms with Crippen LogP contribution in [0.25, 0.3) is 0 Å². The van der Waals surface area contributed by atoms with E-state index in [4.69, 9.17) is 18.9 Å². The van der Waals surface area contributed by atoms with Gasteiger partial charge in [0.05, 0.1) is 45.0 Å². The number of hydrogen-bond acceptors (Lipinski definition) is 8. The third-order valence-corrected chi connectivity index (χ3v) is 7.44. The molecule has 3 aromatic carbocycles. The van der Waals surface area contributed by atoms with Crippen LogP contribution in [0.5, 0.6) is 11.5 Å². The average molecular weight is 609 g/mol. The van der Waals surface area contributed by atoms with Crippen LogP contribution in [-0.4, -0.2) is 79.5 Å². The van der Waals surface area contributed by atoms with Crippen LogP contribution in [0.15, 0.2) is 94.8 Å². The maximum Gasteiger partial charge on any atom is 0.346 e. The minimum Gasteiger partial charge on any atom is -0.497 e. The molecule has 0 aliphatic carbocycles. The number of rotatable bonds is 10. The maximum absolute atomic E-state index is 11.8. The number of aliphatic hydroxyl groups is 1. The lowest BCUT2D eigenvalue weighted by molar-refractivity contribution is -0.0759. The molecule has 1 aromatic heterocycles. The van der Waals surface area contributed by atoms with Crippen molar-refractivity contribution in [3.8, 4) is 23.3 Å². The molecule has 0 spiro atoms. The Hall–Kier alpha value is -4.95. The lowest BCUT2D eigenvalue weighted by Crippen LogP contribution is -2.38. The SMILES string of the molecule is COc1ccc(C(OC[C@H]2O[C@@H](C#Cc3cnc(=O)[nH]c3/N=C/N(C)C)C[C@@H]2O)(c2ccccc2)c2ccc(OC)cc2)cc1. The van der Waals surface area contributed by atoms with Crippen LogP contribution in [0, 0.1) is 11.8 Å². The summed E-state index contributed by atoms with van der Waals surface area (Å²) in [6.45, 7) is 0.0743. The van der Waals surface area contributed by atoms with Crippen LogP contribution in [0.2, 0.25) is 0 Å². The van der Waals surface area contributed by atoms with Crippen LogP contribution in [0.3, 0.4) is 0 Å². The largest absolute Gasteiger partial charge is 0.497 e. The van der Waals surface area contributed by atoms with Gasteiger partial charge in [0.1, 0.15) is 29.3 Å². The predicted octanol–water partition coefficient (Wildman–Crippen LogP) is 3.89. The summed E-state index contributed by atoms with van der Waals surface area (Å²) in [6.07, 6.45) is 1.19. The van der Waals surface area contributed by atoms with Crippen LogP contribution < -0.4 is 15.2 Å². The standard InChI is InChI=1S/C35H36N4O6/c1-39(2)23-37-33-24(21-36-34(41)38-33)10-15-30-20-31(40)32(45-30)22-44-35(25-8-6-5-7-9-25,26-11-16-28(42-3)17-12-26)27-13-18-29(43-4)19-14-27/h5-9,11-14,16-19,21,23,30-32,40H,20,22H2,1-4H3,(H,36,38,41)/b37-23+/t30-,31-,32+/m0/s1. The van der Waals surface area contributed by atoms with Crippen molar-refractivity contribution in [2.24, 2.45) is 4.99 Å². The molecule has 0 radical (unpaired) electrons. The lowest BCUT2D eigenvalue weighted by atomic mass is 9.80. The number of methoxy groups -OCH3 is 2. The number of aliphatic imine (C=N–C) groups is 1. The Labute approximate surface area is 262 Å². The van der Waals surface area contributed by atoms with Gasteiger partial charge in [-0.15, -0.1) is 0 Å². The molecule has 5 rings (SSSR count). The van der Waals surface area contributed by atoms with Crippen LogP contribution in [0.4, 0.5) is 5.82 Å². The average Bonchev–Trinajstić information content (AvgIpc) is 3.43. The number of benzene rings is 3. The highest BCUT2D eigenvalue weighted by Gasteiger charge is 2.41. The van der Waals surface area contributed by atoms with Gasteiger partial charge in [-0.3, -0.25) is 4.98 Å². The van der Waals surface area contributed by atoms with Gasteiger partial charge < -0.3 is 29.0 Å². The Bertz CT molecular complexity index is 1660. The molecule has 10 heteroatoms. The molecular weight excluding hydrogens is 572 g/mol. The second-order valence-electron chi connectivity index (χ2n) is 10.7. The van der Waals surface area contributed by atoms with Crippen molar-refractivity contribution in [3.63, 3.8) is 0 Å². The van der Waals surface area contributed by atoms with Crippen molar-refractivity contribution in [1.29, 1.82) is 0 Å². The normalized spacial score (nSPS) is 17.9. The van der Waals surface area contributed by atoms with Crippen LogP contribution in [0.1, 0.15) is 28.7 Å². The summed E-state index contributed by atoms with van der Waals surface area (Å²) in [5.41, 5.74) is 1.52. The van der Waals surface area contributed by atoms with Gasteiger partial charge in [0, 0.05) is 20.5 Å². The number of aromatic nitrogens is 2. The molecule has 1 fully saturated rings. The molecule has 1 aliphatic rings. The van der Waals surface area contributed by atoms with Crippen molar-refractivity contribution < 1.29 is 24.1 Å². The third kappa shape index (κ3) is 7.24. The Kier molecular flexibility index (Phi) is 9.95. The van der Waals surface area contributed by atoms with Crippen molar-refractivity contribution in [3.05, 3.63) is 118 Å². The molecule has 232 valence electrons. The summed E-state index contributed by atoms with van der Waals surface area (Å²) >= 11 is 0. The fourth-order valence-electron chi connectivity index (χ4n) is 5.16. The molecule has 0 saturated carbocycles. The smallest absolute Gasteiger partial charge is 0.346 e. The third-order valence-electron chi connectivity index (χ3n) is 7.44. The van der Waals surface area contributed by atoms with Crippen molar-refractivity contribution in [2.45, 2.75) is 30.3 Å². The van der Waals surface area contributed by atoms with E-state index in [9.17, 15) is 9.90 Å². The zero-order valence-electron chi connectivity index (χ0n) is 25.6. The van der Waals surface area contributed by atoms with E-state index in [2.05, 4.69) is 26.8 Å². The number of nitrogens with one attached hydrogen (secondary N) is 1. The minimum atomic E-state index is -1.05. The van der Waals surface area contributed by atoms with Gasteiger partial charge in [-0.05, 0) is 41.0 Å². The molecule has 0 amide bonds. The topological polar surface area (TPSA) is 118 Å². The molecule has 1 aliphatic heterocycles. The highest BCUT2D eigenvalue weighted by molar-refractivity contribution is 5.62. The van der Waals surface area contributed by atoms with E-state index in [1.54, 1.807) is 25.5 Å². The molecule has 1 saturated heterocycles. The van der Waals surface area contributed by atoms with E-state index in [-0.39, 0.29) is 13.0 Å². The van der Waals surface area contributed by atoms with Crippen LogP contribution >= 0.6 is 0 Å². The molecule has 0 bridgehead atoms. The first-order valence-corrected chi connectivity index (χ1v) is 14.5. The number of ether oxygens (including phenoxy) is 4. The number of aromatic amines is 1. The molecule has 2 N–H and O–H groups in total. The Balaban J connectivity index is 1.45. The zero-order chi connectivity index (χ0) is 31.8. The number of aliphatic hydroxyl groups excluding tert-OH is 1. The van der Waals surface area contributed by atoms with Gasteiger partial charge in [0.15, 0.2) is 5.82 Å². The molecule has 0 unspecified atom stereocenters. The number of nitrogens with zero attached hydrogens (tertiary/aromatic N) is 3. The highest BCUT2D eigenvalue weighted by atomic mass is 16.6. The Morgan fingerprint density at radius 1 is 1.00 bits per heavy atom. The lowest BCUT2D eigenvalue weighted by Gasteiger charge is -2.37. The second-order valence-corrected chi connectivity index (χ2v) is 10.7. The van der Waals surface area contributed by atoms with E-state index in [0.29, 0.717) is 11.4 Å². The molecule has 2 heterocycles. The minimum absolute atomic E-state index is 0.0743.